The predicted molar refractivity (Wildman–Crippen MR) is 88.0 cm³/mol. The molecule has 0 N–H and O–H groups in total. The number of carbonyl (C=O) groups excluding carboxylic acids is 1. The molecule has 0 spiro atoms. The van der Waals surface area contributed by atoms with Gasteiger partial charge in [-0.1, -0.05) is 32.0 Å². The van der Waals surface area contributed by atoms with Gasteiger partial charge in [0, 0.05) is 17.3 Å². The summed E-state index contributed by atoms with van der Waals surface area (Å²) < 4.78 is 1.05. The third-order valence-electron chi connectivity index (χ3n) is 3.40. The summed E-state index contributed by atoms with van der Waals surface area (Å²) in [5.74, 6) is 0.628. The minimum atomic E-state index is 0.0448. The molecular formula is C18H17NOS. The Balaban J connectivity index is 1.93. The van der Waals surface area contributed by atoms with E-state index in [-0.39, 0.29) is 5.78 Å². The third-order valence-corrected chi connectivity index (χ3v) is 4.25. The zero-order valence-corrected chi connectivity index (χ0v) is 13.0. The Labute approximate surface area is 128 Å². The molecule has 0 bridgehead atoms. The second-order valence-electron chi connectivity index (χ2n) is 5.66. The molecule has 2 heterocycles. The van der Waals surface area contributed by atoms with Gasteiger partial charge in [0.1, 0.15) is 0 Å². The van der Waals surface area contributed by atoms with Crippen molar-refractivity contribution in [1.82, 2.24) is 4.98 Å². The van der Waals surface area contributed by atoms with E-state index in [9.17, 15) is 4.79 Å². The van der Waals surface area contributed by atoms with Crippen LogP contribution in [0.15, 0.2) is 48.0 Å². The summed E-state index contributed by atoms with van der Waals surface area (Å²) in [6.45, 7) is 4.37. The van der Waals surface area contributed by atoms with E-state index >= 15 is 0 Å². The first kappa shape index (κ1) is 14.0. The lowest BCUT2D eigenvalue weighted by Gasteiger charge is -2.07. The van der Waals surface area contributed by atoms with Gasteiger partial charge in [-0.25, -0.2) is 0 Å². The van der Waals surface area contributed by atoms with Crippen molar-refractivity contribution in [3.05, 3.63) is 64.7 Å². The highest BCUT2D eigenvalue weighted by atomic mass is 32.1. The topological polar surface area (TPSA) is 30.0 Å². The number of nitrogens with zero attached hydrogens (tertiary/aromatic N) is 1. The number of rotatable bonds is 4. The first-order valence-corrected chi connectivity index (χ1v) is 7.98. The molecule has 0 saturated carbocycles. The summed E-state index contributed by atoms with van der Waals surface area (Å²) in [5, 5.41) is 2.00. The lowest BCUT2D eigenvalue weighted by atomic mass is 9.98. The number of thiophene rings is 1. The number of aromatic nitrogens is 1. The summed E-state index contributed by atoms with van der Waals surface area (Å²) >= 11 is 1.61. The standard InChI is InChI=1S/C18H17NOS/c1-12(2)8-13-4-3-5-14(9-13)18(20)15-10-17-16(19-11-15)6-7-21-17/h3-7,9-12H,8H2,1-2H3. The zero-order chi connectivity index (χ0) is 14.8. The van der Waals surface area contributed by atoms with Gasteiger partial charge in [0.15, 0.2) is 5.78 Å². The van der Waals surface area contributed by atoms with E-state index in [0.29, 0.717) is 11.5 Å². The molecule has 2 aromatic heterocycles. The van der Waals surface area contributed by atoms with Gasteiger partial charge in [0.2, 0.25) is 0 Å². The number of hydrogen-bond donors (Lipinski definition) is 0. The van der Waals surface area contributed by atoms with Crippen molar-refractivity contribution in [2.75, 3.05) is 0 Å². The SMILES string of the molecule is CC(C)Cc1cccc(C(=O)c2cnc3ccsc3c2)c1. The molecular weight excluding hydrogens is 278 g/mol. The normalized spacial score (nSPS) is 11.2. The lowest BCUT2D eigenvalue weighted by Crippen LogP contribution is -2.03. The van der Waals surface area contributed by atoms with E-state index in [1.165, 1.54) is 5.56 Å². The average molecular weight is 295 g/mol. The summed E-state index contributed by atoms with van der Waals surface area (Å²) in [6, 6.07) is 11.8. The molecule has 0 aliphatic carbocycles. The molecule has 1 aromatic carbocycles. The molecule has 0 amide bonds. The van der Waals surface area contributed by atoms with E-state index < -0.39 is 0 Å². The highest BCUT2D eigenvalue weighted by Crippen LogP contribution is 2.21. The molecule has 3 heteroatoms. The van der Waals surface area contributed by atoms with Crippen molar-refractivity contribution in [3.8, 4) is 0 Å². The van der Waals surface area contributed by atoms with Gasteiger partial charge in [-0.05, 0) is 41.5 Å². The first-order chi connectivity index (χ1) is 10.1. The molecule has 0 unspecified atom stereocenters. The highest BCUT2D eigenvalue weighted by molar-refractivity contribution is 7.17. The number of ketones is 1. The summed E-state index contributed by atoms with van der Waals surface area (Å²) in [5.41, 5.74) is 3.56. The van der Waals surface area contributed by atoms with Gasteiger partial charge in [0.25, 0.3) is 0 Å². The van der Waals surface area contributed by atoms with Gasteiger partial charge in [-0.2, -0.15) is 0 Å². The van der Waals surface area contributed by atoms with Crippen molar-refractivity contribution in [3.63, 3.8) is 0 Å². The van der Waals surface area contributed by atoms with Crippen molar-refractivity contribution >= 4 is 27.3 Å². The van der Waals surface area contributed by atoms with Crippen molar-refractivity contribution in [2.45, 2.75) is 20.3 Å². The van der Waals surface area contributed by atoms with E-state index in [2.05, 4.69) is 24.9 Å². The van der Waals surface area contributed by atoms with Crippen LogP contribution in [0.25, 0.3) is 10.2 Å². The number of fused-ring (bicyclic) bond motifs is 1. The molecule has 21 heavy (non-hydrogen) atoms. The maximum absolute atomic E-state index is 12.6. The molecule has 0 atom stereocenters. The number of pyridine rings is 1. The minimum Gasteiger partial charge on any atom is -0.289 e. The Morgan fingerprint density at radius 3 is 2.86 bits per heavy atom. The van der Waals surface area contributed by atoms with Crippen LogP contribution < -0.4 is 0 Å². The summed E-state index contributed by atoms with van der Waals surface area (Å²) in [4.78, 5) is 17.0. The van der Waals surface area contributed by atoms with Gasteiger partial charge < -0.3 is 0 Å². The minimum absolute atomic E-state index is 0.0448. The van der Waals surface area contributed by atoms with Gasteiger partial charge in [-0.3, -0.25) is 9.78 Å². The molecule has 0 radical (unpaired) electrons. The lowest BCUT2D eigenvalue weighted by molar-refractivity contribution is 0.103. The van der Waals surface area contributed by atoms with Gasteiger partial charge in [-0.15, -0.1) is 11.3 Å². The summed E-state index contributed by atoms with van der Waals surface area (Å²) in [7, 11) is 0. The highest BCUT2D eigenvalue weighted by Gasteiger charge is 2.11. The maximum Gasteiger partial charge on any atom is 0.194 e. The fourth-order valence-electron chi connectivity index (χ4n) is 2.45. The average Bonchev–Trinajstić information content (AvgIpc) is 2.93. The molecule has 3 aromatic rings. The van der Waals surface area contributed by atoms with E-state index in [4.69, 9.17) is 0 Å². The van der Waals surface area contributed by atoms with Crippen LogP contribution >= 0.6 is 11.3 Å². The van der Waals surface area contributed by atoms with Crippen LogP contribution in [0.3, 0.4) is 0 Å². The summed E-state index contributed by atoms with van der Waals surface area (Å²) in [6.07, 6.45) is 2.66. The van der Waals surface area contributed by atoms with Crippen LogP contribution in [-0.2, 0) is 6.42 Å². The van der Waals surface area contributed by atoms with Crippen LogP contribution in [0.2, 0.25) is 0 Å². The smallest absolute Gasteiger partial charge is 0.194 e. The second-order valence-corrected chi connectivity index (χ2v) is 6.60. The molecule has 2 nitrogen and oxygen atoms in total. The first-order valence-electron chi connectivity index (χ1n) is 7.10. The molecule has 0 aliphatic heterocycles. The van der Waals surface area contributed by atoms with Crippen LogP contribution in [0.4, 0.5) is 0 Å². The van der Waals surface area contributed by atoms with Gasteiger partial charge in [0.05, 0.1) is 10.2 Å². The zero-order valence-electron chi connectivity index (χ0n) is 12.2. The molecule has 0 aliphatic rings. The Morgan fingerprint density at radius 2 is 2.05 bits per heavy atom. The molecule has 106 valence electrons. The Morgan fingerprint density at radius 1 is 1.19 bits per heavy atom. The van der Waals surface area contributed by atoms with Crippen LogP contribution in [0, 0.1) is 5.92 Å². The molecule has 0 saturated heterocycles. The van der Waals surface area contributed by atoms with E-state index in [1.54, 1.807) is 17.5 Å². The third kappa shape index (κ3) is 3.03. The number of carbonyl (C=O) groups is 1. The molecule has 0 fully saturated rings. The number of hydrogen-bond acceptors (Lipinski definition) is 3. The maximum atomic E-state index is 12.6. The second kappa shape index (κ2) is 5.78. The van der Waals surface area contributed by atoms with Crippen molar-refractivity contribution in [2.24, 2.45) is 5.92 Å². The van der Waals surface area contributed by atoms with Crippen molar-refractivity contribution in [1.29, 1.82) is 0 Å². The van der Waals surface area contributed by atoms with E-state index in [0.717, 1.165) is 22.2 Å². The predicted octanol–water partition coefficient (Wildman–Crippen LogP) is 4.73. The van der Waals surface area contributed by atoms with Crippen LogP contribution in [0.5, 0.6) is 0 Å². The van der Waals surface area contributed by atoms with Crippen LogP contribution in [0.1, 0.15) is 35.3 Å². The molecule has 3 rings (SSSR count). The number of benzene rings is 1. The quantitative estimate of drug-likeness (QED) is 0.651. The van der Waals surface area contributed by atoms with Gasteiger partial charge >= 0.3 is 0 Å². The monoisotopic (exact) mass is 295 g/mol. The fraction of sp³-hybridized carbons (Fsp3) is 0.222. The Bertz CT molecular complexity index is 789. The fourth-order valence-corrected chi connectivity index (χ4v) is 3.23. The Kier molecular flexibility index (Phi) is 3.84. The Hall–Kier alpha value is -2.00. The largest absolute Gasteiger partial charge is 0.289 e. The van der Waals surface area contributed by atoms with Crippen molar-refractivity contribution < 1.29 is 4.79 Å². The van der Waals surface area contributed by atoms with E-state index in [1.807, 2.05) is 35.7 Å². The van der Waals surface area contributed by atoms with Crippen LogP contribution in [-0.4, -0.2) is 10.8 Å².